The zero-order valence-electron chi connectivity index (χ0n) is 19.6. The number of pyridine rings is 1. The lowest BCUT2D eigenvalue weighted by molar-refractivity contribution is -0.191. The summed E-state index contributed by atoms with van der Waals surface area (Å²) in [5.74, 6) is -2.91. The number of benzene rings is 1. The Morgan fingerprint density at radius 1 is 1.24 bits per heavy atom. The van der Waals surface area contributed by atoms with Crippen LogP contribution in [0.3, 0.4) is 0 Å². The minimum atomic E-state index is -4.85. The number of imide groups is 1. The number of likely N-dealkylation sites (tertiary alicyclic amines) is 1. The van der Waals surface area contributed by atoms with Gasteiger partial charge >= 0.3 is 12.3 Å². The lowest BCUT2D eigenvalue weighted by Crippen LogP contribution is -2.50. The molecule has 2 heterocycles. The fourth-order valence-electron chi connectivity index (χ4n) is 4.87. The van der Waals surface area contributed by atoms with Crippen molar-refractivity contribution >= 4 is 35.3 Å². The molecule has 3 atom stereocenters. The summed E-state index contributed by atoms with van der Waals surface area (Å²) in [6.45, 7) is -0.501. The Kier molecular flexibility index (Phi) is 7.31. The molecular weight excluding hydrogens is 520 g/mol. The van der Waals surface area contributed by atoms with E-state index in [1.165, 1.54) is 18.2 Å². The molecule has 1 aromatic carbocycles. The van der Waals surface area contributed by atoms with Gasteiger partial charge in [-0.1, -0.05) is 23.7 Å². The zero-order valence-corrected chi connectivity index (χ0v) is 20.3. The molecule has 3 amide bonds. The number of fused-ring (bicyclic) bond motifs is 1. The molecule has 2 aliphatic rings. The van der Waals surface area contributed by atoms with Crippen LogP contribution in [0.1, 0.15) is 35.6 Å². The lowest BCUT2D eigenvalue weighted by Gasteiger charge is -2.35. The van der Waals surface area contributed by atoms with Gasteiger partial charge in [-0.2, -0.15) is 13.2 Å². The highest BCUT2D eigenvalue weighted by Gasteiger charge is 2.47. The Hall–Kier alpha value is -3.41. The summed E-state index contributed by atoms with van der Waals surface area (Å²) < 4.78 is 56.4. The second kappa shape index (κ2) is 10.2. The highest BCUT2D eigenvalue weighted by Crippen LogP contribution is 2.38. The fourth-order valence-corrected chi connectivity index (χ4v) is 5.05. The SMILES string of the molecule is CN(C(=O)[C@H]1CCC(=O)N(C(=O)O)C1)C(c1ccc(NC2Cc3ccc(Cl)c(F)c3C2)nc1)C(F)(F)F. The smallest absolute Gasteiger partial charge is 0.414 e. The minimum absolute atomic E-state index is 0.0224. The van der Waals surface area contributed by atoms with E-state index in [4.69, 9.17) is 16.7 Å². The third kappa shape index (κ3) is 5.48. The number of carboxylic acid groups (broad SMARTS) is 1. The number of anilines is 1. The van der Waals surface area contributed by atoms with E-state index in [9.17, 15) is 31.9 Å². The largest absolute Gasteiger partial charge is 0.465 e. The van der Waals surface area contributed by atoms with Gasteiger partial charge in [0.1, 0.15) is 11.6 Å². The van der Waals surface area contributed by atoms with Crippen molar-refractivity contribution in [1.29, 1.82) is 0 Å². The Labute approximate surface area is 214 Å². The number of hydrogen-bond donors (Lipinski definition) is 2. The van der Waals surface area contributed by atoms with Crippen LogP contribution >= 0.6 is 11.6 Å². The molecular formula is C24H23ClF4N4O4. The molecule has 0 bridgehead atoms. The quantitative estimate of drug-likeness (QED) is 0.542. The first-order chi connectivity index (χ1) is 17.4. The molecule has 2 N–H and O–H groups in total. The van der Waals surface area contributed by atoms with Gasteiger partial charge < -0.3 is 15.3 Å². The normalized spacial score (nSPS) is 20.4. The molecule has 2 unspecified atom stereocenters. The average molecular weight is 543 g/mol. The number of rotatable bonds is 5. The number of nitrogens with one attached hydrogen (secondary N) is 1. The van der Waals surface area contributed by atoms with E-state index in [2.05, 4.69) is 10.3 Å². The predicted molar refractivity (Wildman–Crippen MR) is 124 cm³/mol. The first kappa shape index (κ1) is 26.6. The number of nitrogens with zero attached hydrogens (tertiary/aromatic N) is 3. The van der Waals surface area contributed by atoms with E-state index in [1.54, 1.807) is 6.07 Å². The van der Waals surface area contributed by atoms with Gasteiger partial charge in [-0.15, -0.1) is 0 Å². The van der Waals surface area contributed by atoms with Crippen LogP contribution in [0.4, 0.5) is 28.2 Å². The molecule has 13 heteroatoms. The van der Waals surface area contributed by atoms with Crippen molar-refractivity contribution in [2.75, 3.05) is 18.9 Å². The Balaban J connectivity index is 1.47. The van der Waals surface area contributed by atoms with Crippen molar-refractivity contribution < 1.29 is 37.1 Å². The van der Waals surface area contributed by atoms with E-state index >= 15 is 0 Å². The summed E-state index contributed by atoms with van der Waals surface area (Å²) in [6.07, 6.45) is -4.86. The third-order valence-corrected chi connectivity index (χ3v) is 6.99. The Morgan fingerprint density at radius 2 is 1.97 bits per heavy atom. The summed E-state index contributed by atoms with van der Waals surface area (Å²) in [6, 6.07) is 3.21. The molecule has 37 heavy (non-hydrogen) atoms. The van der Waals surface area contributed by atoms with Crippen LogP contribution in [0.2, 0.25) is 5.02 Å². The van der Waals surface area contributed by atoms with E-state index in [0.717, 1.165) is 18.8 Å². The third-order valence-electron chi connectivity index (χ3n) is 6.70. The molecule has 1 aliphatic carbocycles. The van der Waals surface area contributed by atoms with Gasteiger partial charge in [0.05, 0.1) is 10.9 Å². The Bertz CT molecular complexity index is 1220. The van der Waals surface area contributed by atoms with Crippen LogP contribution in [0.15, 0.2) is 30.5 Å². The molecule has 1 fully saturated rings. The minimum Gasteiger partial charge on any atom is -0.465 e. The van der Waals surface area contributed by atoms with Crippen molar-refractivity contribution in [3.63, 3.8) is 0 Å². The van der Waals surface area contributed by atoms with Crippen molar-refractivity contribution in [3.8, 4) is 0 Å². The number of alkyl halides is 3. The molecule has 2 aromatic rings. The van der Waals surface area contributed by atoms with Gasteiger partial charge in [-0.3, -0.25) is 9.59 Å². The molecule has 1 aromatic heterocycles. The highest BCUT2D eigenvalue weighted by molar-refractivity contribution is 6.30. The van der Waals surface area contributed by atoms with E-state index in [-0.39, 0.29) is 35.3 Å². The number of carbonyl (C=O) groups is 3. The molecule has 0 radical (unpaired) electrons. The fraction of sp³-hybridized carbons (Fsp3) is 0.417. The van der Waals surface area contributed by atoms with Gasteiger partial charge in [0, 0.05) is 37.8 Å². The summed E-state index contributed by atoms with van der Waals surface area (Å²) in [7, 11) is 0.990. The van der Waals surface area contributed by atoms with Crippen LogP contribution in [0, 0.1) is 11.7 Å². The standard InChI is InChI=1S/C24H23ClF4N4O4/c1-32(22(35)14-4-7-19(34)33(11-14)23(36)37)21(24(27,28)29)13-3-6-18(30-10-13)31-15-8-12-2-5-17(25)20(26)16(12)9-15/h2-3,5-6,10,14-15,21H,4,7-9,11H2,1H3,(H,30,31)(H,36,37)/t14-,15?,21?/m0/s1. The van der Waals surface area contributed by atoms with Gasteiger partial charge in [0.15, 0.2) is 6.04 Å². The number of aromatic nitrogens is 1. The molecule has 8 nitrogen and oxygen atoms in total. The van der Waals surface area contributed by atoms with Crippen molar-refractivity contribution in [2.45, 2.75) is 43.9 Å². The van der Waals surface area contributed by atoms with Gasteiger partial charge in [-0.25, -0.2) is 19.1 Å². The first-order valence-corrected chi connectivity index (χ1v) is 11.8. The maximum atomic E-state index is 14.3. The molecule has 0 spiro atoms. The number of piperidine rings is 1. The van der Waals surface area contributed by atoms with Crippen LogP contribution < -0.4 is 5.32 Å². The van der Waals surface area contributed by atoms with E-state index < -0.39 is 48.4 Å². The summed E-state index contributed by atoms with van der Waals surface area (Å²) in [5, 5.41) is 12.2. The van der Waals surface area contributed by atoms with Crippen LogP contribution in [-0.4, -0.2) is 63.6 Å². The Morgan fingerprint density at radius 3 is 2.59 bits per heavy atom. The molecule has 1 aliphatic heterocycles. The molecule has 4 rings (SSSR count). The maximum absolute atomic E-state index is 14.3. The first-order valence-electron chi connectivity index (χ1n) is 11.4. The van der Waals surface area contributed by atoms with E-state index in [0.29, 0.717) is 28.2 Å². The van der Waals surface area contributed by atoms with Crippen LogP contribution in [0.25, 0.3) is 0 Å². The maximum Gasteiger partial charge on any atom is 0.414 e. The molecule has 1 saturated heterocycles. The van der Waals surface area contributed by atoms with Crippen molar-refractivity contribution in [3.05, 3.63) is 58.0 Å². The topological polar surface area (TPSA) is 103 Å². The lowest BCUT2D eigenvalue weighted by atomic mass is 9.95. The van der Waals surface area contributed by atoms with Crippen LogP contribution in [0.5, 0.6) is 0 Å². The summed E-state index contributed by atoms with van der Waals surface area (Å²) in [5.41, 5.74) is 0.993. The zero-order chi connectivity index (χ0) is 27.1. The number of hydrogen-bond acceptors (Lipinski definition) is 5. The second-order valence-corrected chi connectivity index (χ2v) is 9.55. The molecule has 0 saturated carbocycles. The van der Waals surface area contributed by atoms with Gasteiger partial charge in [0.25, 0.3) is 0 Å². The van der Waals surface area contributed by atoms with Gasteiger partial charge in [-0.05, 0) is 42.5 Å². The van der Waals surface area contributed by atoms with Crippen LogP contribution in [-0.2, 0) is 22.4 Å². The predicted octanol–water partition coefficient (Wildman–Crippen LogP) is 4.43. The average Bonchev–Trinajstić information content (AvgIpc) is 3.25. The number of carbonyl (C=O) groups excluding carboxylic acids is 2. The number of amides is 3. The summed E-state index contributed by atoms with van der Waals surface area (Å²) >= 11 is 5.84. The van der Waals surface area contributed by atoms with E-state index in [1.807, 2.05) is 0 Å². The highest BCUT2D eigenvalue weighted by atomic mass is 35.5. The summed E-state index contributed by atoms with van der Waals surface area (Å²) in [4.78, 5) is 40.9. The van der Waals surface area contributed by atoms with Gasteiger partial charge in [0.2, 0.25) is 11.8 Å². The monoisotopic (exact) mass is 542 g/mol. The van der Waals surface area contributed by atoms with Crippen molar-refractivity contribution in [1.82, 2.24) is 14.8 Å². The molecule has 198 valence electrons. The number of halogens is 5. The van der Waals surface area contributed by atoms with Crippen molar-refractivity contribution in [2.24, 2.45) is 5.92 Å². The second-order valence-electron chi connectivity index (χ2n) is 9.14.